The number of aliphatic carboxylic acids is 1. The first-order valence-electron chi connectivity index (χ1n) is 9.35. The summed E-state index contributed by atoms with van der Waals surface area (Å²) in [4.78, 5) is 23.8. The number of hydrogen-bond acceptors (Lipinski definition) is 4. The molecule has 0 bridgehead atoms. The summed E-state index contributed by atoms with van der Waals surface area (Å²) < 4.78 is 0. The van der Waals surface area contributed by atoms with Crippen LogP contribution in [0.25, 0.3) is 0 Å². The quantitative estimate of drug-likeness (QED) is 0.429. The Morgan fingerprint density at radius 3 is 2.44 bits per heavy atom. The van der Waals surface area contributed by atoms with Gasteiger partial charge < -0.3 is 16.2 Å². The zero-order valence-corrected chi connectivity index (χ0v) is 16.5. The minimum Gasteiger partial charge on any atom is -0.481 e. The standard InChI is InChI=1S/C18H28N4O.C2H4O2/c1-13(2)9-11-22-10-3-4-16(22)18(23)21-12-14-5-7-15(8-6-14)17(19)20;1-2(3)4/h5-8,13,16H,3-4,9-12H2,1-2H3,(H3,19,20)(H,21,23);1H3,(H,3,4)/t16-;/m0./s1. The third-order valence-electron chi connectivity index (χ3n) is 4.39. The fourth-order valence-electron chi connectivity index (χ4n) is 2.92. The smallest absolute Gasteiger partial charge is 0.300 e. The van der Waals surface area contributed by atoms with Gasteiger partial charge in [0.2, 0.25) is 5.91 Å². The molecule has 1 aromatic carbocycles. The lowest BCUT2D eigenvalue weighted by atomic mass is 10.1. The van der Waals surface area contributed by atoms with Crippen LogP contribution in [0.2, 0.25) is 0 Å². The van der Waals surface area contributed by atoms with Crippen LogP contribution in [0, 0.1) is 11.3 Å². The average molecular weight is 377 g/mol. The topological polar surface area (TPSA) is 120 Å². The van der Waals surface area contributed by atoms with E-state index in [0.29, 0.717) is 18.0 Å². The molecule has 1 heterocycles. The SMILES string of the molecule is CC(=O)O.CC(C)CCN1CCC[C@H]1C(=O)NCc1ccc(C(=N)N)cc1. The van der Waals surface area contributed by atoms with Crippen molar-refractivity contribution in [3.63, 3.8) is 0 Å². The number of hydrogen-bond donors (Lipinski definition) is 4. The largest absolute Gasteiger partial charge is 0.481 e. The Bertz CT molecular complexity index is 625. The van der Waals surface area contributed by atoms with Crippen molar-refractivity contribution < 1.29 is 14.7 Å². The number of nitrogen functional groups attached to an aromatic ring is 1. The molecule has 7 heteroatoms. The van der Waals surface area contributed by atoms with Gasteiger partial charge in [-0.1, -0.05) is 38.1 Å². The molecule has 1 aliphatic heterocycles. The molecule has 0 aromatic heterocycles. The predicted octanol–water partition coefficient (Wildman–Crippen LogP) is 2.19. The predicted molar refractivity (Wildman–Crippen MR) is 107 cm³/mol. The summed E-state index contributed by atoms with van der Waals surface area (Å²) in [6.45, 7) is 8.07. The van der Waals surface area contributed by atoms with E-state index < -0.39 is 5.97 Å². The molecular weight excluding hydrogens is 344 g/mol. The Hall–Kier alpha value is -2.41. The number of benzene rings is 1. The highest BCUT2D eigenvalue weighted by atomic mass is 16.4. The van der Waals surface area contributed by atoms with Gasteiger partial charge in [0, 0.05) is 19.0 Å². The average Bonchev–Trinajstić information content (AvgIpc) is 3.06. The van der Waals surface area contributed by atoms with E-state index in [1.165, 1.54) is 0 Å². The van der Waals surface area contributed by atoms with Crippen molar-refractivity contribution in [3.8, 4) is 0 Å². The number of carboxylic acids is 1. The maximum Gasteiger partial charge on any atom is 0.300 e. The summed E-state index contributed by atoms with van der Waals surface area (Å²) in [5.74, 6) is 0.0216. The zero-order chi connectivity index (χ0) is 20.4. The molecule has 1 saturated heterocycles. The number of likely N-dealkylation sites (tertiary alicyclic amines) is 1. The highest BCUT2D eigenvalue weighted by molar-refractivity contribution is 5.94. The number of carbonyl (C=O) groups excluding carboxylic acids is 1. The van der Waals surface area contributed by atoms with E-state index in [1.807, 2.05) is 24.3 Å². The minimum absolute atomic E-state index is 0.0187. The van der Waals surface area contributed by atoms with Crippen molar-refractivity contribution >= 4 is 17.7 Å². The van der Waals surface area contributed by atoms with Gasteiger partial charge in [0.1, 0.15) is 5.84 Å². The Morgan fingerprint density at radius 2 is 1.93 bits per heavy atom. The van der Waals surface area contributed by atoms with Gasteiger partial charge in [0.05, 0.1) is 6.04 Å². The summed E-state index contributed by atoms with van der Waals surface area (Å²) in [5.41, 5.74) is 7.17. The third kappa shape index (κ3) is 8.68. The van der Waals surface area contributed by atoms with Crippen LogP contribution in [0.15, 0.2) is 24.3 Å². The summed E-state index contributed by atoms with van der Waals surface area (Å²) in [6, 6.07) is 7.46. The molecule has 0 radical (unpaired) electrons. The van der Waals surface area contributed by atoms with Gasteiger partial charge in [0.15, 0.2) is 0 Å². The van der Waals surface area contributed by atoms with Gasteiger partial charge in [-0.3, -0.25) is 19.9 Å². The number of nitrogens with one attached hydrogen (secondary N) is 2. The van der Waals surface area contributed by atoms with E-state index in [-0.39, 0.29) is 17.8 Å². The minimum atomic E-state index is -0.833. The number of carboxylic acid groups (broad SMARTS) is 1. The molecule has 1 aromatic rings. The van der Waals surface area contributed by atoms with Crippen LogP contribution >= 0.6 is 0 Å². The first kappa shape index (κ1) is 22.6. The van der Waals surface area contributed by atoms with Crippen LogP contribution in [0.4, 0.5) is 0 Å². The van der Waals surface area contributed by atoms with Gasteiger partial charge in [-0.05, 0) is 43.8 Å². The van der Waals surface area contributed by atoms with Gasteiger partial charge >= 0.3 is 0 Å². The summed E-state index contributed by atoms with van der Waals surface area (Å²) in [7, 11) is 0. The number of nitrogens with two attached hydrogens (primary N) is 1. The van der Waals surface area contributed by atoms with Crippen molar-refractivity contribution in [2.45, 2.75) is 52.6 Å². The first-order valence-corrected chi connectivity index (χ1v) is 9.35. The Morgan fingerprint density at radius 1 is 1.33 bits per heavy atom. The molecule has 1 amide bonds. The molecule has 0 spiro atoms. The van der Waals surface area contributed by atoms with E-state index in [1.54, 1.807) is 0 Å². The second-order valence-corrected chi connectivity index (χ2v) is 7.22. The number of amidine groups is 1. The molecule has 2 rings (SSSR count). The Kier molecular flexibility index (Phi) is 9.50. The summed E-state index contributed by atoms with van der Waals surface area (Å²) in [6.07, 6.45) is 3.19. The number of rotatable bonds is 7. The van der Waals surface area contributed by atoms with Crippen molar-refractivity contribution in [1.82, 2.24) is 10.2 Å². The van der Waals surface area contributed by atoms with E-state index in [0.717, 1.165) is 44.8 Å². The lowest BCUT2D eigenvalue weighted by Gasteiger charge is -2.24. The maximum atomic E-state index is 12.4. The second kappa shape index (κ2) is 11.3. The van der Waals surface area contributed by atoms with Gasteiger partial charge in [-0.2, -0.15) is 0 Å². The van der Waals surface area contributed by atoms with Crippen molar-refractivity contribution in [3.05, 3.63) is 35.4 Å². The van der Waals surface area contributed by atoms with E-state index in [4.69, 9.17) is 21.0 Å². The van der Waals surface area contributed by atoms with Crippen LogP contribution in [0.3, 0.4) is 0 Å². The van der Waals surface area contributed by atoms with Gasteiger partial charge in [-0.25, -0.2) is 0 Å². The molecule has 1 atom stereocenters. The lowest BCUT2D eigenvalue weighted by Crippen LogP contribution is -2.43. The lowest BCUT2D eigenvalue weighted by molar-refractivity contribution is -0.134. The molecule has 1 fully saturated rings. The molecular formula is C20H32N4O3. The van der Waals surface area contributed by atoms with Crippen molar-refractivity contribution in [2.75, 3.05) is 13.1 Å². The van der Waals surface area contributed by atoms with Crippen LogP contribution in [-0.4, -0.2) is 46.8 Å². The summed E-state index contributed by atoms with van der Waals surface area (Å²) in [5, 5.41) is 17.8. The monoisotopic (exact) mass is 376 g/mol. The fraction of sp³-hybridized carbons (Fsp3) is 0.550. The van der Waals surface area contributed by atoms with Crippen LogP contribution in [0.5, 0.6) is 0 Å². The van der Waals surface area contributed by atoms with Crippen molar-refractivity contribution in [1.29, 1.82) is 5.41 Å². The molecule has 1 aliphatic rings. The zero-order valence-electron chi connectivity index (χ0n) is 16.5. The molecule has 5 N–H and O–H groups in total. The van der Waals surface area contributed by atoms with Gasteiger partial charge in [-0.15, -0.1) is 0 Å². The second-order valence-electron chi connectivity index (χ2n) is 7.22. The van der Waals surface area contributed by atoms with E-state index in [9.17, 15) is 4.79 Å². The molecule has 150 valence electrons. The highest BCUT2D eigenvalue weighted by Gasteiger charge is 2.30. The Balaban J connectivity index is 0.000000828. The molecule has 0 unspecified atom stereocenters. The first-order chi connectivity index (χ1) is 12.7. The van der Waals surface area contributed by atoms with E-state index >= 15 is 0 Å². The summed E-state index contributed by atoms with van der Waals surface area (Å²) >= 11 is 0. The highest BCUT2D eigenvalue weighted by Crippen LogP contribution is 2.19. The Labute approximate surface area is 161 Å². The maximum absolute atomic E-state index is 12.4. The molecule has 27 heavy (non-hydrogen) atoms. The number of carbonyl (C=O) groups is 2. The fourth-order valence-corrected chi connectivity index (χ4v) is 2.92. The van der Waals surface area contributed by atoms with Crippen molar-refractivity contribution in [2.24, 2.45) is 11.7 Å². The molecule has 7 nitrogen and oxygen atoms in total. The van der Waals surface area contributed by atoms with Crippen LogP contribution in [0.1, 0.15) is 51.2 Å². The van der Waals surface area contributed by atoms with Gasteiger partial charge in [0.25, 0.3) is 5.97 Å². The number of nitrogens with zero attached hydrogens (tertiary/aromatic N) is 1. The van der Waals surface area contributed by atoms with E-state index in [2.05, 4.69) is 24.1 Å². The van der Waals surface area contributed by atoms with Crippen LogP contribution in [-0.2, 0) is 16.1 Å². The van der Waals surface area contributed by atoms with Crippen LogP contribution < -0.4 is 11.1 Å². The normalized spacial score (nSPS) is 16.5. The third-order valence-corrected chi connectivity index (χ3v) is 4.39. The molecule has 0 saturated carbocycles. The molecule has 0 aliphatic carbocycles. The number of amides is 1.